The molecule has 0 saturated carbocycles. The van der Waals surface area contributed by atoms with Crippen LogP contribution in [0.2, 0.25) is 5.02 Å². The molecule has 1 N–H and O–H groups in total. The second kappa shape index (κ2) is 6.86. The fraction of sp³-hybridized carbons (Fsp3) is 0.625. The number of benzene rings is 1. The third kappa shape index (κ3) is 3.28. The summed E-state index contributed by atoms with van der Waals surface area (Å²) < 4.78 is 17.0. The minimum Gasteiger partial charge on any atom is -0.490 e. The van der Waals surface area contributed by atoms with Crippen molar-refractivity contribution in [2.45, 2.75) is 25.8 Å². The molecule has 4 nitrogen and oxygen atoms in total. The van der Waals surface area contributed by atoms with Gasteiger partial charge in [0.2, 0.25) is 0 Å². The molecule has 1 aromatic rings. The molecule has 2 aliphatic rings. The van der Waals surface area contributed by atoms with Gasteiger partial charge in [-0.1, -0.05) is 18.5 Å². The summed E-state index contributed by atoms with van der Waals surface area (Å²) in [5, 5.41) is 4.28. The summed E-state index contributed by atoms with van der Waals surface area (Å²) in [5.41, 5.74) is 1.08. The molecular weight excluding hydrogens is 290 g/mol. The Labute approximate surface area is 130 Å². The summed E-state index contributed by atoms with van der Waals surface area (Å²) in [5.74, 6) is 2.00. The van der Waals surface area contributed by atoms with Crippen molar-refractivity contribution in [3.63, 3.8) is 0 Å². The fourth-order valence-electron chi connectivity index (χ4n) is 3.00. The molecule has 2 heterocycles. The molecule has 5 heteroatoms. The maximum Gasteiger partial charge on any atom is 0.162 e. The lowest BCUT2D eigenvalue weighted by molar-refractivity contribution is 0.177. The second-order valence-electron chi connectivity index (χ2n) is 5.53. The molecule has 0 aliphatic carbocycles. The first kappa shape index (κ1) is 14.9. The molecule has 116 valence electrons. The Morgan fingerprint density at radius 1 is 1.24 bits per heavy atom. The highest BCUT2D eigenvalue weighted by molar-refractivity contribution is 6.31. The van der Waals surface area contributed by atoms with Gasteiger partial charge in [0.05, 0.1) is 19.8 Å². The van der Waals surface area contributed by atoms with Gasteiger partial charge in [-0.05, 0) is 24.6 Å². The van der Waals surface area contributed by atoms with E-state index in [4.69, 9.17) is 25.8 Å². The largest absolute Gasteiger partial charge is 0.490 e. The Morgan fingerprint density at radius 3 is 2.67 bits per heavy atom. The first-order valence-corrected chi connectivity index (χ1v) is 8.07. The van der Waals surface area contributed by atoms with Crippen molar-refractivity contribution in [1.82, 2.24) is 5.32 Å². The van der Waals surface area contributed by atoms with E-state index < -0.39 is 0 Å². The van der Waals surface area contributed by atoms with E-state index in [2.05, 4.69) is 12.2 Å². The van der Waals surface area contributed by atoms with E-state index >= 15 is 0 Å². The van der Waals surface area contributed by atoms with Crippen molar-refractivity contribution in [2.75, 3.05) is 33.0 Å². The predicted molar refractivity (Wildman–Crippen MR) is 82.4 cm³/mol. The maximum absolute atomic E-state index is 6.51. The van der Waals surface area contributed by atoms with Crippen molar-refractivity contribution in [3.8, 4) is 11.5 Å². The molecule has 2 unspecified atom stereocenters. The number of nitrogens with one attached hydrogen (secondary N) is 1. The molecular formula is C16H22ClNO3. The lowest BCUT2D eigenvalue weighted by atomic mass is 9.92. The zero-order valence-electron chi connectivity index (χ0n) is 12.4. The molecule has 0 amide bonds. The van der Waals surface area contributed by atoms with Gasteiger partial charge in [-0.15, -0.1) is 0 Å². The zero-order chi connectivity index (χ0) is 14.7. The van der Waals surface area contributed by atoms with Crippen molar-refractivity contribution in [3.05, 3.63) is 22.7 Å². The van der Waals surface area contributed by atoms with Crippen molar-refractivity contribution in [2.24, 2.45) is 5.92 Å². The van der Waals surface area contributed by atoms with Crippen LogP contribution in [0.25, 0.3) is 0 Å². The van der Waals surface area contributed by atoms with Crippen LogP contribution >= 0.6 is 11.6 Å². The SMILES string of the molecule is CCNC(c1cc2c(cc1Cl)OCCCO2)C1CCOC1. The normalized spacial score (nSPS) is 22.9. The third-order valence-corrected chi connectivity index (χ3v) is 4.39. The monoisotopic (exact) mass is 311 g/mol. The quantitative estimate of drug-likeness (QED) is 0.927. The Balaban J connectivity index is 1.92. The number of hydrogen-bond donors (Lipinski definition) is 1. The molecule has 1 aromatic carbocycles. The van der Waals surface area contributed by atoms with Gasteiger partial charge in [0, 0.05) is 36.1 Å². The molecule has 2 aliphatic heterocycles. The molecule has 0 aromatic heterocycles. The minimum atomic E-state index is 0.196. The van der Waals surface area contributed by atoms with E-state index in [1.165, 1.54) is 0 Å². The van der Waals surface area contributed by atoms with Gasteiger partial charge in [-0.2, -0.15) is 0 Å². The average molecular weight is 312 g/mol. The van der Waals surface area contributed by atoms with E-state index in [0.717, 1.165) is 54.7 Å². The summed E-state index contributed by atoms with van der Waals surface area (Å²) in [4.78, 5) is 0. The summed E-state index contributed by atoms with van der Waals surface area (Å²) >= 11 is 6.51. The second-order valence-corrected chi connectivity index (χ2v) is 5.94. The van der Waals surface area contributed by atoms with Gasteiger partial charge < -0.3 is 19.5 Å². The lowest BCUT2D eigenvalue weighted by Crippen LogP contribution is -2.29. The Kier molecular flexibility index (Phi) is 4.88. The molecule has 0 bridgehead atoms. The molecule has 1 fully saturated rings. The Bertz CT molecular complexity index is 489. The predicted octanol–water partition coefficient (Wildman–Crippen LogP) is 3.19. The number of rotatable bonds is 4. The summed E-state index contributed by atoms with van der Waals surface area (Å²) in [6.07, 6.45) is 1.96. The van der Waals surface area contributed by atoms with E-state index in [-0.39, 0.29) is 6.04 Å². The van der Waals surface area contributed by atoms with Crippen LogP contribution in [0.1, 0.15) is 31.4 Å². The van der Waals surface area contributed by atoms with E-state index in [9.17, 15) is 0 Å². The van der Waals surface area contributed by atoms with E-state index in [1.54, 1.807) is 0 Å². The topological polar surface area (TPSA) is 39.7 Å². The summed E-state index contributed by atoms with van der Waals surface area (Å²) in [7, 11) is 0. The number of hydrogen-bond acceptors (Lipinski definition) is 4. The van der Waals surface area contributed by atoms with E-state index in [0.29, 0.717) is 19.1 Å². The first-order chi connectivity index (χ1) is 10.3. The molecule has 0 spiro atoms. The lowest BCUT2D eigenvalue weighted by Gasteiger charge is -2.25. The van der Waals surface area contributed by atoms with Crippen LogP contribution in [0.3, 0.4) is 0 Å². The van der Waals surface area contributed by atoms with Crippen molar-refractivity contribution >= 4 is 11.6 Å². The highest BCUT2D eigenvalue weighted by Gasteiger charge is 2.29. The van der Waals surface area contributed by atoms with Gasteiger partial charge >= 0.3 is 0 Å². The minimum absolute atomic E-state index is 0.196. The summed E-state index contributed by atoms with van der Waals surface area (Å²) in [6.45, 7) is 5.98. The average Bonchev–Trinajstić information content (AvgIpc) is 2.91. The highest BCUT2D eigenvalue weighted by Crippen LogP contribution is 2.40. The molecule has 1 saturated heterocycles. The Morgan fingerprint density at radius 2 is 2.00 bits per heavy atom. The molecule has 3 rings (SSSR count). The van der Waals surface area contributed by atoms with Crippen LogP contribution in [0.5, 0.6) is 11.5 Å². The van der Waals surface area contributed by atoms with Crippen LogP contribution in [-0.4, -0.2) is 33.0 Å². The molecule has 2 atom stereocenters. The molecule has 21 heavy (non-hydrogen) atoms. The van der Waals surface area contributed by atoms with Crippen LogP contribution in [0.15, 0.2) is 12.1 Å². The first-order valence-electron chi connectivity index (χ1n) is 7.69. The summed E-state index contributed by atoms with van der Waals surface area (Å²) in [6, 6.07) is 4.12. The van der Waals surface area contributed by atoms with E-state index in [1.807, 2.05) is 12.1 Å². The number of halogens is 1. The highest BCUT2D eigenvalue weighted by atomic mass is 35.5. The smallest absolute Gasteiger partial charge is 0.162 e. The van der Waals surface area contributed by atoms with Gasteiger partial charge in [0.1, 0.15) is 0 Å². The standard InChI is InChI=1S/C16H22ClNO3/c1-2-18-16(11-4-7-19-10-11)12-8-14-15(9-13(12)17)21-6-3-5-20-14/h8-9,11,16,18H,2-7,10H2,1H3. The van der Waals surface area contributed by atoms with Gasteiger partial charge in [0.25, 0.3) is 0 Å². The zero-order valence-corrected chi connectivity index (χ0v) is 13.1. The van der Waals surface area contributed by atoms with Crippen LogP contribution in [-0.2, 0) is 4.74 Å². The Hall–Kier alpha value is -0.970. The van der Waals surface area contributed by atoms with Crippen LogP contribution < -0.4 is 14.8 Å². The molecule has 0 radical (unpaired) electrons. The maximum atomic E-state index is 6.51. The van der Waals surface area contributed by atoms with Gasteiger partial charge in [0.15, 0.2) is 11.5 Å². The number of fused-ring (bicyclic) bond motifs is 1. The van der Waals surface area contributed by atoms with Crippen LogP contribution in [0.4, 0.5) is 0 Å². The van der Waals surface area contributed by atoms with Crippen LogP contribution in [0, 0.1) is 5.92 Å². The van der Waals surface area contributed by atoms with Crippen molar-refractivity contribution < 1.29 is 14.2 Å². The van der Waals surface area contributed by atoms with Gasteiger partial charge in [-0.25, -0.2) is 0 Å². The third-order valence-electron chi connectivity index (χ3n) is 4.06. The fourth-order valence-corrected chi connectivity index (χ4v) is 3.28. The number of ether oxygens (including phenoxy) is 3. The van der Waals surface area contributed by atoms with Crippen molar-refractivity contribution in [1.29, 1.82) is 0 Å². The van der Waals surface area contributed by atoms with Gasteiger partial charge in [-0.3, -0.25) is 0 Å².